The molecule has 0 aromatic rings. The number of fused-ring (bicyclic) bond motifs is 7. The van der Waals surface area contributed by atoms with E-state index >= 15 is 0 Å². The lowest BCUT2D eigenvalue weighted by Crippen LogP contribution is -2.69. The van der Waals surface area contributed by atoms with E-state index in [2.05, 4.69) is 41.2 Å². The molecule has 5 aliphatic carbocycles. The summed E-state index contributed by atoms with van der Waals surface area (Å²) in [5, 5.41) is 32.5. The van der Waals surface area contributed by atoms with Crippen LogP contribution in [0.25, 0.3) is 0 Å². The highest BCUT2D eigenvalue weighted by Crippen LogP contribution is 2.77. The second-order valence-electron chi connectivity index (χ2n) is 14.4. The van der Waals surface area contributed by atoms with E-state index in [1.165, 1.54) is 12.0 Å². The Labute approximate surface area is 206 Å². The van der Waals surface area contributed by atoms with Crippen LogP contribution in [0.5, 0.6) is 0 Å². The summed E-state index contributed by atoms with van der Waals surface area (Å²) in [7, 11) is 0. The van der Waals surface area contributed by atoms with Crippen molar-refractivity contribution < 1.29 is 20.1 Å². The molecule has 0 bridgehead atoms. The van der Waals surface area contributed by atoms with Crippen molar-refractivity contribution in [3.8, 4) is 0 Å². The fourth-order valence-corrected chi connectivity index (χ4v) is 11.7. The maximum atomic E-state index is 13.5. The van der Waals surface area contributed by atoms with E-state index < -0.39 is 22.9 Å². The predicted octanol–water partition coefficient (Wildman–Crippen LogP) is 6.06. The minimum absolute atomic E-state index is 0.00523. The molecule has 192 valence electrons. The van der Waals surface area contributed by atoms with Gasteiger partial charge in [-0.05, 0) is 117 Å². The molecule has 5 fully saturated rings. The van der Waals surface area contributed by atoms with Gasteiger partial charge in [-0.2, -0.15) is 0 Å². The number of allylic oxidation sites excluding steroid dienone is 1. The third-order valence-electron chi connectivity index (χ3n) is 13.4. The first-order chi connectivity index (χ1) is 15.8. The number of aliphatic carboxylic acids is 1. The number of carboxylic acid groups (broad SMARTS) is 1. The van der Waals surface area contributed by atoms with Gasteiger partial charge in [0, 0.05) is 5.41 Å². The quantitative estimate of drug-likeness (QED) is 0.436. The number of aliphatic hydroxyl groups is 2. The summed E-state index contributed by atoms with van der Waals surface area (Å²) < 4.78 is 0. The molecule has 11 atom stereocenters. The Morgan fingerprint density at radius 1 is 0.912 bits per heavy atom. The first kappa shape index (κ1) is 24.8. The lowest BCUT2D eigenvalue weighted by atomic mass is 9.32. The van der Waals surface area contributed by atoms with Gasteiger partial charge in [0.25, 0.3) is 0 Å². The average Bonchev–Trinajstić information content (AvgIpc) is 3.14. The Balaban J connectivity index is 1.61. The fraction of sp³-hybridized carbons (Fsp3) is 0.900. The minimum Gasteiger partial charge on any atom is -0.481 e. The zero-order chi connectivity index (χ0) is 24.9. The van der Waals surface area contributed by atoms with Crippen LogP contribution in [0.1, 0.15) is 98.8 Å². The standard InChI is InChI=1S/C30H48O4/c1-18(2)19-9-12-26(3)15-16-30(25(33)34)20(24(19)26)7-8-22-27(4)13-11-23(32)28(5,17-31)21(27)10-14-29(22,30)6/h19-24,31-32H,1,7-17H2,2-6H3,(H,33,34)/t19-,20+,21+,22+,23?,24+,26+,27-,28?,29+,30+/m0/s1. The second kappa shape index (κ2) is 7.57. The summed E-state index contributed by atoms with van der Waals surface area (Å²) in [5.41, 5.74) is 0.0113. The van der Waals surface area contributed by atoms with Gasteiger partial charge in [-0.25, -0.2) is 0 Å². The van der Waals surface area contributed by atoms with E-state index in [9.17, 15) is 20.1 Å². The van der Waals surface area contributed by atoms with Crippen LogP contribution in [0.15, 0.2) is 12.2 Å². The lowest BCUT2D eigenvalue weighted by molar-refractivity contribution is -0.258. The van der Waals surface area contributed by atoms with Crippen molar-refractivity contribution in [3.63, 3.8) is 0 Å². The summed E-state index contributed by atoms with van der Waals surface area (Å²) in [6.07, 6.45) is 9.22. The van der Waals surface area contributed by atoms with Gasteiger partial charge in [0.2, 0.25) is 0 Å². The van der Waals surface area contributed by atoms with Gasteiger partial charge in [0.15, 0.2) is 0 Å². The van der Waals surface area contributed by atoms with Gasteiger partial charge in [-0.3, -0.25) is 4.79 Å². The van der Waals surface area contributed by atoms with E-state index in [1.54, 1.807) is 0 Å². The second-order valence-corrected chi connectivity index (χ2v) is 14.4. The largest absolute Gasteiger partial charge is 0.481 e. The summed E-state index contributed by atoms with van der Waals surface area (Å²) in [5.74, 6) is 1.09. The number of hydrogen-bond acceptors (Lipinski definition) is 3. The molecule has 0 heterocycles. The highest BCUT2D eigenvalue weighted by Gasteiger charge is 2.74. The fourth-order valence-electron chi connectivity index (χ4n) is 11.7. The summed E-state index contributed by atoms with van der Waals surface area (Å²) >= 11 is 0. The summed E-state index contributed by atoms with van der Waals surface area (Å²) in [6, 6.07) is 0. The molecule has 3 N–H and O–H groups in total. The maximum absolute atomic E-state index is 13.5. The SMILES string of the molecule is C=C(C)[C@@H]1CC[C@]2(C)CC[C@]3(C(=O)O)[C@H](CC[C@@H]4[C@@]5(C)CCC(O)C(C)(CO)[C@@H]5CC[C@]43C)[C@@H]12. The van der Waals surface area contributed by atoms with Crippen LogP contribution < -0.4 is 0 Å². The molecule has 4 heteroatoms. The molecule has 0 saturated heterocycles. The molecule has 0 aromatic heterocycles. The van der Waals surface area contributed by atoms with Crippen molar-refractivity contribution in [2.24, 2.45) is 56.7 Å². The Morgan fingerprint density at radius 2 is 1.62 bits per heavy atom. The molecule has 0 spiro atoms. The van der Waals surface area contributed by atoms with E-state index in [-0.39, 0.29) is 34.7 Å². The number of carboxylic acids is 1. The van der Waals surface area contributed by atoms with Crippen molar-refractivity contribution in [2.75, 3.05) is 6.61 Å². The van der Waals surface area contributed by atoms with Crippen molar-refractivity contribution in [1.29, 1.82) is 0 Å². The first-order valence-electron chi connectivity index (χ1n) is 14.0. The number of carbonyl (C=O) groups is 1. The van der Waals surface area contributed by atoms with Crippen molar-refractivity contribution in [2.45, 2.75) is 105 Å². The third-order valence-corrected chi connectivity index (χ3v) is 13.4. The van der Waals surface area contributed by atoms with E-state index in [0.29, 0.717) is 24.2 Å². The number of aliphatic hydroxyl groups excluding tert-OH is 2. The average molecular weight is 473 g/mol. The molecule has 0 amide bonds. The molecule has 0 aliphatic heterocycles. The Bertz CT molecular complexity index is 883. The van der Waals surface area contributed by atoms with Crippen LogP contribution >= 0.6 is 0 Å². The van der Waals surface area contributed by atoms with Crippen molar-refractivity contribution in [3.05, 3.63) is 12.2 Å². The van der Waals surface area contributed by atoms with E-state index in [1.807, 2.05) is 0 Å². The summed E-state index contributed by atoms with van der Waals surface area (Å²) in [6.45, 7) is 15.8. The van der Waals surface area contributed by atoms with Crippen LogP contribution in [-0.2, 0) is 4.79 Å². The molecule has 0 aromatic carbocycles. The van der Waals surface area contributed by atoms with Crippen molar-refractivity contribution >= 4 is 5.97 Å². The zero-order valence-corrected chi connectivity index (χ0v) is 22.2. The molecule has 5 aliphatic rings. The van der Waals surface area contributed by atoms with E-state index in [0.717, 1.165) is 51.4 Å². The Hall–Kier alpha value is -0.870. The Morgan fingerprint density at radius 3 is 2.24 bits per heavy atom. The molecule has 5 saturated carbocycles. The highest BCUT2D eigenvalue weighted by atomic mass is 16.4. The van der Waals surface area contributed by atoms with Crippen LogP contribution in [0.4, 0.5) is 0 Å². The number of hydrogen-bond donors (Lipinski definition) is 3. The monoisotopic (exact) mass is 472 g/mol. The van der Waals surface area contributed by atoms with Crippen molar-refractivity contribution in [1.82, 2.24) is 0 Å². The normalized spacial score (nSPS) is 56.6. The van der Waals surface area contributed by atoms with Crippen LogP contribution in [0.3, 0.4) is 0 Å². The predicted molar refractivity (Wildman–Crippen MR) is 134 cm³/mol. The third kappa shape index (κ3) is 2.76. The Kier molecular flexibility index (Phi) is 5.52. The van der Waals surface area contributed by atoms with Gasteiger partial charge in [-0.15, -0.1) is 0 Å². The highest BCUT2D eigenvalue weighted by molar-refractivity contribution is 5.77. The molecule has 5 rings (SSSR count). The molecule has 4 nitrogen and oxygen atoms in total. The first-order valence-corrected chi connectivity index (χ1v) is 14.0. The molecular formula is C30H48O4. The van der Waals surface area contributed by atoms with E-state index in [4.69, 9.17) is 0 Å². The smallest absolute Gasteiger partial charge is 0.310 e. The topological polar surface area (TPSA) is 77.8 Å². The van der Waals surface area contributed by atoms with Gasteiger partial charge in [-0.1, -0.05) is 39.8 Å². The van der Waals surface area contributed by atoms with Gasteiger partial charge < -0.3 is 15.3 Å². The lowest BCUT2D eigenvalue weighted by Gasteiger charge is -2.72. The molecular weight excluding hydrogens is 424 g/mol. The van der Waals surface area contributed by atoms with Crippen LogP contribution in [-0.4, -0.2) is 34.0 Å². The van der Waals surface area contributed by atoms with Crippen LogP contribution in [0, 0.1) is 56.7 Å². The van der Waals surface area contributed by atoms with Gasteiger partial charge in [0.05, 0.1) is 18.1 Å². The molecule has 0 radical (unpaired) electrons. The zero-order valence-electron chi connectivity index (χ0n) is 22.2. The maximum Gasteiger partial charge on any atom is 0.310 e. The molecule has 2 unspecified atom stereocenters. The molecule has 34 heavy (non-hydrogen) atoms. The minimum atomic E-state index is -0.683. The van der Waals surface area contributed by atoms with Gasteiger partial charge >= 0.3 is 5.97 Å². The number of rotatable bonds is 3. The van der Waals surface area contributed by atoms with Gasteiger partial charge in [0.1, 0.15) is 0 Å². The summed E-state index contributed by atoms with van der Waals surface area (Å²) in [4.78, 5) is 13.5. The van der Waals surface area contributed by atoms with Crippen LogP contribution in [0.2, 0.25) is 0 Å².